The van der Waals surface area contributed by atoms with Gasteiger partial charge in [0.1, 0.15) is 22.7 Å². The number of aromatic nitrogens is 2. The van der Waals surface area contributed by atoms with Crippen molar-refractivity contribution >= 4 is 56.6 Å². The summed E-state index contributed by atoms with van der Waals surface area (Å²) < 4.78 is 26.1. The molecule has 5 aliphatic rings. The molecule has 6 heterocycles. The third kappa shape index (κ3) is 5.20. The van der Waals surface area contributed by atoms with E-state index in [2.05, 4.69) is 27.9 Å². The lowest BCUT2D eigenvalue weighted by Gasteiger charge is -2.38. The van der Waals surface area contributed by atoms with Crippen LogP contribution in [0.3, 0.4) is 0 Å². The lowest BCUT2D eigenvalue weighted by molar-refractivity contribution is -0.117. The first-order valence-electron chi connectivity index (χ1n) is 17.1. The van der Waals surface area contributed by atoms with Gasteiger partial charge in [-0.25, -0.2) is 9.37 Å². The number of pyridine rings is 2. The number of ether oxygens (including phenoxy) is 1. The van der Waals surface area contributed by atoms with Gasteiger partial charge >= 0.3 is 0 Å². The lowest BCUT2D eigenvalue weighted by atomic mass is 9.79. The van der Waals surface area contributed by atoms with E-state index >= 15 is 4.39 Å². The summed E-state index contributed by atoms with van der Waals surface area (Å²) in [5, 5.41) is 14.3. The van der Waals surface area contributed by atoms with Crippen molar-refractivity contribution in [2.24, 2.45) is 5.92 Å². The van der Waals surface area contributed by atoms with Crippen molar-refractivity contribution in [1.29, 1.82) is 5.26 Å². The Morgan fingerprint density at radius 2 is 2.06 bits per heavy atom. The second-order valence-corrected chi connectivity index (χ2v) is 14.7. The van der Waals surface area contributed by atoms with Crippen LogP contribution in [0.25, 0.3) is 32.9 Å². The van der Waals surface area contributed by atoms with Crippen LogP contribution in [0.5, 0.6) is 5.88 Å². The number of likely N-dealkylation sites (tertiary alicyclic amines) is 1. The number of nitriles is 1. The van der Waals surface area contributed by atoms with Gasteiger partial charge in [-0.15, -0.1) is 0 Å². The summed E-state index contributed by atoms with van der Waals surface area (Å²) in [6.45, 7) is 4.18. The van der Waals surface area contributed by atoms with Gasteiger partial charge in [0.25, 0.3) is 0 Å². The Labute approximate surface area is 293 Å². The van der Waals surface area contributed by atoms with E-state index in [1.807, 2.05) is 13.0 Å². The molecule has 0 unspecified atom stereocenters. The Kier molecular flexibility index (Phi) is 8.30. The quantitative estimate of drug-likeness (QED) is 0.205. The van der Waals surface area contributed by atoms with Crippen LogP contribution >= 0.6 is 23.2 Å². The molecule has 0 radical (unpaired) electrons. The van der Waals surface area contributed by atoms with Gasteiger partial charge in [-0.05, 0) is 76.2 Å². The molecule has 2 bridgehead atoms. The van der Waals surface area contributed by atoms with Crippen molar-refractivity contribution in [2.75, 3.05) is 31.6 Å². The molecule has 254 valence electrons. The average Bonchev–Trinajstić information content (AvgIpc) is 3.90. The van der Waals surface area contributed by atoms with Crippen molar-refractivity contribution in [3.8, 4) is 23.1 Å². The highest BCUT2D eigenvalue weighted by Crippen LogP contribution is 2.48. The van der Waals surface area contributed by atoms with Crippen molar-refractivity contribution in [3.63, 3.8) is 0 Å². The molecule has 4 aromatic rings. The molecular weight excluding hydrogens is 666 g/mol. The van der Waals surface area contributed by atoms with Crippen LogP contribution in [0.15, 0.2) is 35.3 Å². The van der Waals surface area contributed by atoms with Gasteiger partial charge in [-0.3, -0.25) is 14.5 Å². The number of hydrogen-bond acceptors (Lipinski definition) is 7. The molecule has 0 spiro atoms. The van der Waals surface area contributed by atoms with Gasteiger partial charge in [-0.2, -0.15) is 5.26 Å². The second kappa shape index (κ2) is 12.5. The van der Waals surface area contributed by atoms with Crippen LogP contribution in [0.1, 0.15) is 57.1 Å². The van der Waals surface area contributed by atoms with Crippen molar-refractivity contribution in [2.45, 2.75) is 76.1 Å². The monoisotopic (exact) mass is 702 g/mol. The normalized spacial score (nSPS) is 24.2. The van der Waals surface area contributed by atoms with E-state index in [1.54, 1.807) is 29.3 Å². The molecule has 1 N–H and O–H groups in total. The average molecular weight is 704 g/mol. The van der Waals surface area contributed by atoms with Crippen molar-refractivity contribution in [1.82, 2.24) is 19.8 Å². The van der Waals surface area contributed by atoms with E-state index in [0.29, 0.717) is 53.0 Å². The number of nitrogens with zero attached hydrogens (tertiary/aromatic N) is 5. The highest BCUT2D eigenvalue weighted by Gasteiger charge is 2.48. The number of carbonyl (C=O) groups excluding carboxylic acids is 1. The van der Waals surface area contributed by atoms with E-state index in [1.165, 1.54) is 0 Å². The largest absolute Gasteiger partial charge is 0.472 e. The number of aryl methyl sites for hydroxylation is 1. The number of carbonyl (C=O) groups is 1. The summed E-state index contributed by atoms with van der Waals surface area (Å²) in [6.07, 6.45) is 5.81. The van der Waals surface area contributed by atoms with Gasteiger partial charge in [-0.1, -0.05) is 35.3 Å². The summed E-state index contributed by atoms with van der Waals surface area (Å²) in [4.78, 5) is 36.5. The van der Waals surface area contributed by atoms with Crippen LogP contribution in [0, 0.1) is 23.1 Å². The summed E-state index contributed by atoms with van der Waals surface area (Å²) in [5.74, 6) is -0.361. The first-order valence-corrected chi connectivity index (χ1v) is 17.9. The Hall–Kier alpha value is -3.75. The van der Waals surface area contributed by atoms with E-state index < -0.39 is 5.82 Å². The predicted octanol–water partition coefficient (Wildman–Crippen LogP) is 6.64. The highest BCUT2D eigenvalue weighted by atomic mass is 35.5. The fourth-order valence-corrected chi connectivity index (χ4v) is 9.07. The van der Waals surface area contributed by atoms with Crippen LogP contribution < -0.4 is 20.4 Å². The van der Waals surface area contributed by atoms with Gasteiger partial charge in [0, 0.05) is 60.7 Å². The summed E-state index contributed by atoms with van der Waals surface area (Å²) in [5.41, 5.74) is 1.67. The highest BCUT2D eigenvalue weighted by molar-refractivity contribution is 6.43. The van der Waals surface area contributed by atoms with Crippen LogP contribution in [0.4, 0.5) is 10.1 Å². The number of amides is 1. The first kappa shape index (κ1) is 32.5. The SMILES string of the molecule is C[C@H](Oc1nc2c(F)c(-c3cccc(Cl)c3Cl)c(CCC#N)cc2c2c1c(=O)c(N1CCCC1=O)cn2[C@@H]1[C@@H]2CN[C@H]1C2)[C@H]1CCCN1C. The number of fused-ring (bicyclic) bond motifs is 4. The molecule has 1 amide bonds. The molecule has 1 saturated carbocycles. The maximum Gasteiger partial charge on any atom is 0.228 e. The Balaban J connectivity index is 1.47. The minimum Gasteiger partial charge on any atom is -0.472 e. The van der Waals surface area contributed by atoms with Gasteiger partial charge in [0.15, 0.2) is 5.82 Å². The zero-order chi connectivity index (χ0) is 34.1. The third-order valence-corrected chi connectivity index (χ3v) is 12.0. The molecule has 2 aromatic heterocycles. The van der Waals surface area contributed by atoms with Gasteiger partial charge in [0.05, 0.1) is 27.7 Å². The maximum absolute atomic E-state index is 17.4. The molecule has 2 aromatic carbocycles. The van der Waals surface area contributed by atoms with Crippen molar-refractivity contribution < 1.29 is 13.9 Å². The second-order valence-electron chi connectivity index (χ2n) is 13.9. The molecule has 5 fully saturated rings. The fraction of sp³-hybridized carbons (Fsp3) is 0.459. The fourth-order valence-electron chi connectivity index (χ4n) is 8.68. The van der Waals surface area contributed by atoms with E-state index in [4.69, 9.17) is 32.9 Å². The zero-order valence-corrected chi connectivity index (χ0v) is 29.0. The Morgan fingerprint density at radius 1 is 1.22 bits per heavy atom. The first-order chi connectivity index (χ1) is 23.7. The Morgan fingerprint density at radius 3 is 2.73 bits per heavy atom. The van der Waals surface area contributed by atoms with E-state index in [-0.39, 0.29) is 80.8 Å². The standard InChI is InChI=1S/C37H37Cl2FN6O3/c1-19(26-10-5-13-44(26)2)49-37-30-35(46(34-21-16-25(34)42-17-21)18-27(36(30)48)45-14-6-11-28(45)47)23-15-20(7-4-12-41)29(32(40)33(23)43-37)22-8-3-9-24(38)31(22)39/h3,8-9,15,18-19,21,25-26,34,42H,4-7,10-11,13-14,16-17H2,1-2H3/t19-,21-,25-,26+,34+/m0/s1. The number of nitrogens with one attached hydrogen (secondary N) is 1. The minimum absolute atomic E-state index is 0.0101. The molecule has 1 aliphatic carbocycles. The van der Waals surface area contributed by atoms with E-state index in [9.17, 15) is 14.9 Å². The molecular formula is C37H37Cl2FN6O3. The number of anilines is 1. The Bertz CT molecular complexity index is 2120. The number of halogens is 3. The molecule has 9 rings (SSSR count). The van der Waals surface area contributed by atoms with Crippen molar-refractivity contribution in [3.05, 3.63) is 62.1 Å². The summed E-state index contributed by atoms with van der Waals surface area (Å²) in [7, 11) is 2.05. The maximum atomic E-state index is 17.4. The molecule has 49 heavy (non-hydrogen) atoms. The molecule has 12 heteroatoms. The minimum atomic E-state index is -0.625. The van der Waals surface area contributed by atoms with Crippen LogP contribution in [-0.2, 0) is 11.2 Å². The summed E-state index contributed by atoms with van der Waals surface area (Å²) >= 11 is 13.1. The van der Waals surface area contributed by atoms with Crippen LogP contribution in [-0.4, -0.2) is 65.2 Å². The molecule has 4 aliphatic heterocycles. The topological polar surface area (TPSA) is 103 Å². The number of benzene rings is 2. The smallest absolute Gasteiger partial charge is 0.228 e. The van der Waals surface area contributed by atoms with Gasteiger partial charge < -0.3 is 19.5 Å². The third-order valence-electron chi connectivity index (χ3n) is 11.1. The number of hydrogen-bond donors (Lipinski definition) is 1. The van der Waals surface area contributed by atoms with Crippen LogP contribution in [0.2, 0.25) is 10.0 Å². The van der Waals surface area contributed by atoms with Gasteiger partial charge in [0.2, 0.25) is 17.2 Å². The number of rotatable bonds is 8. The number of likely N-dealkylation sites (N-methyl/N-ethyl adjacent to an activating group) is 1. The lowest BCUT2D eigenvalue weighted by Crippen LogP contribution is -2.40. The molecule has 4 saturated heterocycles. The summed E-state index contributed by atoms with van der Waals surface area (Å²) in [6, 6.07) is 9.34. The predicted molar refractivity (Wildman–Crippen MR) is 189 cm³/mol. The zero-order valence-electron chi connectivity index (χ0n) is 27.4. The molecule has 5 atom stereocenters. The van der Waals surface area contributed by atoms with E-state index in [0.717, 1.165) is 32.4 Å². The molecule has 9 nitrogen and oxygen atoms in total.